The standard InChI is InChI=1S/C12H14ClN5O2/c1-17-9-8(5-14-17)10(16-12(13)15-9)18-4-2-3-7(6-18)11(19)20/h5,7H,2-4,6H2,1H3,(H,19,20)/t7-/m0/s1. The Hall–Kier alpha value is -1.89. The number of carboxylic acid groups (broad SMARTS) is 1. The maximum absolute atomic E-state index is 11.2. The Bertz CT molecular complexity index is 671. The lowest BCUT2D eigenvalue weighted by Gasteiger charge is -2.31. The van der Waals surface area contributed by atoms with Crippen molar-refractivity contribution in [2.24, 2.45) is 13.0 Å². The summed E-state index contributed by atoms with van der Waals surface area (Å²) < 4.78 is 1.63. The van der Waals surface area contributed by atoms with E-state index in [0.717, 1.165) is 18.4 Å². The smallest absolute Gasteiger partial charge is 0.308 e. The lowest BCUT2D eigenvalue weighted by atomic mass is 9.98. The number of anilines is 1. The van der Waals surface area contributed by atoms with Gasteiger partial charge in [0.2, 0.25) is 5.28 Å². The first kappa shape index (κ1) is 13.1. The monoisotopic (exact) mass is 295 g/mol. The molecular formula is C12H14ClN5O2. The number of nitrogens with zero attached hydrogens (tertiary/aromatic N) is 5. The molecule has 1 fully saturated rings. The quantitative estimate of drug-likeness (QED) is 0.841. The van der Waals surface area contributed by atoms with Crippen molar-refractivity contribution in [3.8, 4) is 0 Å². The van der Waals surface area contributed by atoms with Crippen LogP contribution in [0.3, 0.4) is 0 Å². The van der Waals surface area contributed by atoms with Crippen LogP contribution in [0.5, 0.6) is 0 Å². The van der Waals surface area contributed by atoms with Gasteiger partial charge in [-0.1, -0.05) is 0 Å². The van der Waals surface area contributed by atoms with Crippen LogP contribution in [0, 0.1) is 5.92 Å². The molecule has 2 aromatic rings. The van der Waals surface area contributed by atoms with Crippen LogP contribution < -0.4 is 4.90 Å². The molecule has 106 valence electrons. The van der Waals surface area contributed by atoms with Crippen molar-refractivity contribution < 1.29 is 9.90 Å². The second kappa shape index (κ2) is 4.90. The van der Waals surface area contributed by atoms with Gasteiger partial charge in [-0.3, -0.25) is 9.48 Å². The van der Waals surface area contributed by atoms with Crippen LogP contribution in [0.4, 0.5) is 5.82 Å². The average molecular weight is 296 g/mol. The summed E-state index contributed by atoms with van der Waals surface area (Å²) in [5, 5.41) is 14.3. The van der Waals surface area contributed by atoms with Crippen molar-refractivity contribution in [3.63, 3.8) is 0 Å². The summed E-state index contributed by atoms with van der Waals surface area (Å²) in [5.74, 6) is -0.472. The van der Waals surface area contributed by atoms with Crippen LogP contribution in [0.15, 0.2) is 6.20 Å². The van der Waals surface area contributed by atoms with Gasteiger partial charge in [0.25, 0.3) is 0 Å². The summed E-state index contributed by atoms with van der Waals surface area (Å²) in [6, 6.07) is 0. The van der Waals surface area contributed by atoms with Crippen molar-refractivity contribution in [1.82, 2.24) is 19.7 Å². The predicted molar refractivity (Wildman–Crippen MR) is 73.9 cm³/mol. The minimum Gasteiger partial charge on any atom is -0.481 e. The summed E-state index contributed by atoms with van der Waals surface area (Å²) in [4.78, 5) is 21.5. The predicted octanol–water partition coefficient (Wildman–Crippen LogP) is 1.32. The molecule has 1 aliphatic heterocycles. The van der Waals surface area contributed by atoms with Crippen LogP contribution in [-0.2, 0) is 11.8 Å². The molecule has 1 aliphatic rings. The first-order chi connectivity index (χ1) is 9.56. The molecule has 0 bridgehead atoms. The Balaban J connectivity index is 2.03. The van der Waals surface area contributed by atoms with E-state index in [-0.39, 0.29) is 11.2 Å². The molecule has 0 radical (unpaired) electrons. The van der Waals surface area contributed by atoms with Gasteiger partial charge < -0.3 is 10.0 Å². The van der Waals surface area contributed by atoms with Crippen molar-refractivity contribution in [3.05, 3.63) is 11.5 Å². The van der Waals surface area contributed by atoms with Crippen molar-refractivity contribution in [2.45, 2.75) is 12.8 Å². The number of piperidine rings is 1. The molecule has 0 amide bonds. The van der Waals surface area contributed by atoms with E-state index in [1.807, 2.05) is 4.90 Å². The van der Waals surface area contributed by atoms with Crippen LogP contribution in [-0.4, -0.2) is 43.9 Å². The fourth-order valence-electron chi connectivity index (χ4n) is 2.59. The number of halogens is 1. The Morgan fingerprint density at radius 2 is 2.30 bits per heavy atom. The normalized spacial score (nSPS) is 19.5. The number of aryl methyl sites for hydroxylation is 1. The van der Waals surface area contributed by atoms with E-state index in [9.17, 15) is 9.90 Å². The molecule has 3 rings (SSSR count). The number of carbonyl (C=O) groups is 1. The molecule has 1 atom stereocenters. The summed E-state index contributed by atoms with van der Waals surface area (Å²) in [7, 11) is 1.78. The fourth-order valence-corrected chi connectivity index (χ4v) is 2.75. The molecule has 0 spiro atoms. The van der Waals surface area contributed by atoms with Crippen LogP contribution in [0.25, 0.3) is 11.0 Å². The highest BCUT2D eigenvalue weighted by molar-refractivity contribution is 6.28. The van der Waals surface area contributed by atoms with E-state index in [1.165, 1.54) is 0 Å². The lowest BCUT2D eigenvalue weighted by Crippen LogP contribution is -2.39. The molecule has 0 saturated carbocycles. The molecule has 0 aliphatic carbocycles. The van der Waals surface area contributed by atoms with Gasteiger partial charge in [0.05, 0.1) is 17.5 Å². The lowest BCUT2D eigenvalue weighted by molar-refractivity contribution is -0.141. The first-order valence-electron chi connectivity index (χ1n) is 6.39. The largest absolute Gasteiger partial charge is 0.481 e. The van der Waals surface area contributed by atoms with E-state index >= 15 is 0 Å². The summed E-state index contributed by atoms with van der Waals surface area (Å²) in [6.45, 7) is 1.20. The van der Waals surface area contributed by atoms with E-state index in [2.05, 4.69) is 15.1 Å². The summed E-state index contributed by atoms with van der Waals surface area (Å²) in [5.41, 5.74) is 0.650. The topological polar surface area (TPSA) is 84.1 Å². The number of hydrogen-bond donors (Lipinski definition) is 1. The molecule has 0 unspecified atom stereocenters. The van der Waals surface area contributed by atoms with Gasteiger partial charge in [-0.15, -0.1) is 0 Å². The van der Waals surface area contributed by atoms with Crippen molar-refractivity contribution >= 4 is 34.4 Å². The van der Waals surface area contributed by atoms with Crippen LogP contribution in [0.2, 0.25) is 5.28 Å². The third-order valence-electron chi connectivity index (χ3n) is 3.61. The van der Waals surface area contributed by atoms with Gasteiger partial charge in [-0.25, -0.2) is 0 Å². The Labute approximate surface area is 120 Å². The fraction of sp³-hybridized carbons (Fsp3) is 0.500. The summed E-state index contributed by atoms with van der Waals surface area (Å²) in [6.07, 6.45) is 3.20. The molecule has 0 aromatic carbocycles. The maximum atomic E-state index is 11.2. The zero-order valence-electron chi connectivity index (χ0n) is 11.0. The summed E-state index contributed by atoms with van der Waals surface area (Å²) >= 11 is 5.96. The highest BCUT2D eigenvalue weighted by atomic mass is 35.5. The van der Waals surface area contributed by atoms with E-state index in [0.29, 0.717) is 24.4 Å². The molecule has 7 nitrogen and oxygen atoms in total. The highest BCUT2D eigenvalue weighted by Gasteiger charge is 2.27. The first-order valence-corrected chi connectivity index (χ1v) is 6.77. The van der Waals surface area contributed by atoms with E-state index < -0.39 is 5.97 Å². The molecule has 8 heteroatoms. The third kappa shape index (κ3) is 2.18. The number of aromatic nitrogens is 4. The number of rotatable bonds is 2. The third-order valence-corrected chi connectivity index (χ3v) is 3.78. The van der Waals surface area contributed by atoms with E-state index in [4.69, 9.17) is 11.6 Å². The minimum atomic E-state index is -0.766. The Morgan fingerprint density at radius 3 is 3.05 bits per heavy atom. The zero-order valence-corrected chi connectivity index (χ0v) is 11.7. The number of fused-ring (bicyclic) bond motifs is 1. The van der Waals surface area contributed by atoms with Gasteiger partial charge in [0, 0.05) is 20.1 Å². The number of aliphatic carboxylic acids is 1. The molecule has 1 saturated heterocycles. The maximum Gasteiger partial charge on any atom is 0.308 e. The van der Waals surface area contributed by atoms with Crippen molar-refractivity contribution in [1.29, 1.82) is 0 Å². The van der Waals surface area contributed by atoms with Gasteiger partial charge in [-0.05, 0) is 24.4 Å². The van der Waals surface area contributed by atoms with Gasteiger partial charge in [0.1, 0.15) is 5.82 Å². The molecular weight excluding hydrogens is 282 g/mol. The molecule has 1 N–H and O–H groups in total. The molecule has 20 heavy (non-hydrogen) atoms. The molecule has 2 aromatic heterocycles. The second-order valence-electron chi connectivity index (χ2n) is 4.95. The molecule has 3 heterocycles. The van der Waals surface area contributed by atoms with E-state index in [1.54, 1.807) is 17.9 Å². The second-order valence-corrected chi connectivity index (χ2v) is 5.28. The van der Waals surface area contributed by atoms with Crippen LogP contribution >= 0.6 is 11.6 Å². The minimum absolute atomic E-state index is 0.147. The average Bonchev–Trinajstić information content (AvgIpc) is 2.80. The SMILES string of the molecule is Cn1ncc2c(N3CCC[C@H](C(=O)O)C3)nc(Cl)nc21. The number of carboxylic acids is 1. The van der Waals surface area contributed by atoms with Gasteiger partial charge in [-0.2, -0.15) is 15.1 Å². The zero-order chi connectivity index (χ0) is 14.3. The van der Waals surface area contributed by atoms with Crippen LogP contribution in [0.1, 0.15) is 12.8 Å². The highest BCUT2D eigenvalue weighted by Crippen LogP contribution is 2.28. The Morgan fingerprint density at radius 1 is 1.50 bits per heavy atom. The van der Waals surface area contributed by atoms with Crippen molar-refractivity contribution in [2.75, 3.05) is 18.0 Å². The van der Waals surface area contributed by atoms with Gasteiger partial charge >= 0.3 is 5.97 Å². The number of hydrogen-bond acceptors (Lipinski definition) is 5. The van der Waals surface area contributed by atoms with Gasteiger partial charge in [0.15, 0.2) is 5.65 Å². The Kier molecular flexibility index (Phi) is 3.21.